The summed E-state index contributed by atoms with van der Waals surface area (Å²) in [5, 5.41) is 0. The molecule has 0 heterocycles. The molecule has 1 aliphatic rings. The van der Waals surface area contributed by atoms with E-state index in [-0.39, 0.29) is 11.5 Å². The molecule has 2 nitrogen and oxygen atoms in total. The number of hydrogen-bond donors (Lipinski definition) is 0. The van der Waals surface area contributed by atoms with Crippen molar-refractivity contribution < 1.29 is 9.53 Å². The Morgan fingerprint density at radius 3 is 2.39 bits per heavy atom. The standard InChI is InChI=1S/C16H22O2/c1-5-16(4)14(17)10-15(16)18-13-8-6-12(7-9-13)11(2)3/h6-9,11,15H,5,10H2,1-4H3. The summed E-state index contributed by atoms with van der Waals surface area (Å²) in [6.45, 7) is 8.41. The zero-order valence-electron chi connectivity index (χ0n) is 11.7. The van der Waals surface area contributed by atoms with Gasteiger partial charge in [-0.25, -0.2) is 0 Å². The first kappa shape index (κ1) is 13.1. The molecule has 1 aromatic rings. The van der Waals surface area contributed by atoms with Crippen molar-refractivity contribution >= 4 is 5.78 Å². The van der Waals surface area contributed by atoms with E-state index in [1.807, 2.05) is 19.1 Å². The predicted octanol–water partition coefficient (Wildman–Crippen LogP) is 3.95. The summed E-state index contributed by atoms with van der Waals surface area (Å²) in [7, 11) is 0. The number of hydrogen-bond acceptors (Lipinski definition) is 2. The zero-order valence-corrected chi connectivity index (χ0v) is 11.7. The molecule has 2 rings (SSSR count). The minimum Gasteiger partial charge on any atom is -0.489 e. The van der Waals surface area contributed by atoms with Crippen LogP contribution in [0.2, 0.25) is 0 Å². The number of Topliss-reactive ketones (excluding diaryl/α,β-unsaturated/α-hetero) is 1. The highest BCUT2D eigenvalue weighted by molar-refractivity contribution is 5.92. The van der Waals surface area contributed by atoms with E-state index >= 15 is 0 Å². The van der Waals surface area contributed by atoms with Crippen LogP contribution in [-0.2, 0) is 4.79 Å². The summed E-state index contributed by atoms with van der Waals surface area (Å²) in [4.78, 5) is 11.6. The Labute approximate surface area is 109 Å². The van der Waals surface area contributed by atoms with Crippen molar-refractivity contribution in [1.29, 1.82) is 0 Å². The van der Waals surface area contributed by atoms with Gasteiger partial charge in [0.15, 0.2) is 0 Å². The molecule has 2 unspecified atom stereocenters. The van der Waals surface area contributed by atoms with E-state index in [0.717, 1.165) is 12.2 Å². The Bertz CT molecular complexity index is 433. The summed E-state index contributed by atoms with van der Waals surface area (Å²) in [6, 6.07) is 8.22. The van der Waals surface area contributed by atoms with Crippen LogP contribution in [-0.4, -0.2) is 11.9 Å². The molecule has 1 saturated carbocycles. The molecule has 0 saturated heterocycles. The van der Waals surface area contributed by atoms with Gasteiger partial charge in [0.2, 0.25) is 0 Å². The van der Waals surface area contributed by atoms with Gasteiger partial charge in [0, 0.05) is 6.42 Å². The molecule has 0 amide bonds. The van der Waals surface area contributed by atoms with Gasteiger partial charge in [0.25, 0.3) is 0 Å². The second-order valence-corrected chi connectivity index (χ2v) is 5.73. The highest BCUT2D eigenvalue weighted by Crippen LogP contribution is 2.42. The molecule has 18 heavy (non-hydrogen) atoms. The number of ether oxygens (including phenoxy) is 1. The lowest BCUT2D eigenvalue weighted by atomic mass is 9.64. The number of carbonyl (C=O) groups is 1. The number of rotatable bonds is 4. The molecular weight excluding hydrogens is 224 g/mol. The lowest BCUT2D eigenvalue weighted by molar-refractivity contribution is -0.150. The van der Waals surface area contributed by atoms with E-state index in [1.54, 1.807) is 0 Å². The maximum absolute atomic E-state index is 11.6. The Kier molecular flexibility index (Phi) is 3.47. The monoisotopic (exact) mass is 246 g/mol. The zero-order chi connectivity index (χ0) is 13.3. The van der Waals surface area contributed by atoms with Crippen molar-refractivity contribution in [2.45, 2.75) is 52.6 Å². The lowest BCUT2D eigenvalue weighted by Gasteiger charge is -2.44. The van der Waals surface area contributed by atoms with Crippen LogP contribution in [0, 0.1) is 5.41 Å². The van der Waals surface area contributed by atoms with Gasteiger partial charge in [-0.05, 0) is 37.0 Å². The fourth-order valence-corrected chi connectivity index (χ4v) is 2.37. The molecule has 0 radical (unpaired) electrons. The molecule has 0 bridgehead atoms. The normalized spacial score (nSPS) is 27.2. The molecule has 98 valence electrons. The third-order valence-electron chi connectivity index (χ3n) is 4.28. The third-order valence-corrected chi connectivity index (χ3v) is 4.28. The minimum atomic E-state index is -0.281. The molecule has 2 atom stereocenters. The highest BCUT2D eigenvalue weighted by Gasteiger charge is 2.51. The van der Waals surface area contributed by atoms with Crippen molar-refractivity contribution in [2.75, 3.05) is 0 Å². The molecule has 0 N–H and O–H groups in total. The second kappa shape index (κ2) is 4.75. The number of benzene rings is 1. The molecule has 0 spiro atoms. The number of ketones is 1. The van der Waals surface area contributed by atoms with E-state index < -0.39 is 0 Å². The van der Waals surface area contributed by atoms with Gasteiger partial charge in [0.1, 0.15) is 17.6 Å². The summed E-state index contributed by atoms with van der Waals surface area (Å²) >= 11 is 0. The Morgan fingerprint density at radius 1 is 1.33 bits per heavy atom. The first-order chi connectivity index (χ1) is 8.47. The Balaban J connectivity index is 2.05. The molecule has 1 aliphatic carbocycles. The second-order valence-electron chi connectivity index (χ2n) is 5.73. The molecule has 1 fully saturated rings. The average Bonchev–Trinajstić information content (AvgIpc) is 2.38. The van der Waals surface area contributed by atoms with E-state index in [9.17, 15) is 4.79 Å². The summed E-state index contributed by atoms with van der Waals surface area (Å²) < 4.78 is 5.94. The lowest BCUT2D eigenvalue weighted by Crippen LogP contribution is -2.54. The van der Waals surface area contributed by atoms with E-state index in [0.29, 0.717) is 18.1 Å². The molecule has 0 aliphatic heterocycles. The topological polar surface area (TPSA) is 26.3 Å². The first-order valence-electron chi connectivity index (χ1n) is 6.77. The van der Waals surface area contributed by atoms with Crippen LogP contribution in [0.5, 0.6) is 5.75 Å². The van der Waals surface area contributed by atoms with Gasteiger partial charge in [-0.2, -0.15) is 0 Å². The maximum atomic E-state index is 11.6. The fraction of sp³-hybridized carbons (Fsp3) is 0.562. The van der Waals surface area contributed by atoms with Gasteiger partial charge in [-0.15, -0.1) is 0 Å². The summed E-state index contributed by atoms with van der Waals surface area (Å²) in [6.07, 6.45) is 1.44. The molecule has 2 heteroatoms. The van der Waals surface area contributed by atoms with E-state index in [1.165, 1.54) is 5.56 Å². The Morgan fingerprint density at radius 2 is 1.94 bits per heavy atom. The van der Waals surface area contributed by atoms with Crippen LogP contribution in [0.4, 0.5) is 0 Å². The van der Waals surface area contributed by atoms with Crippen molar-refractivity contribution in [1.82, 2.24) is 0 Å². The molecule has 1 aromatic carbocycles. The van der Waals surface area contributed by atoms with E-state index in [4.69, 9.17) is 4.74 Å². The van der Waals surface area contributed by atoms with Gasteiger partial charge in [-0.3, -0.25) is 4.79 Å². The van der Waals surface area contributed by atoms with Crippen LogP contribution in [0.1, 0.15) is 52.0 Å². The SMILES string of the molecule is CCC1(C)C(=O)CC1Oc1ccc(C(C)C)cc1. The van der Waals surface area contributed by atoms with Crippen LogP contribution < -0.4 is 4.74 Å². The fourth-order valence-electron chi connectivity index (χ4n) is 2.37. The van der Waals surface area contributed by atoms with Crippen molar-refractivity contribution in [2.24, 2.45) is 5.41 Å². The summed E-state index contributed by atoms with van der Waals surface area (Å²) in [5.74, 6) is 1.73. The largest absolute Gasteiger partial charge is 0.489 e. The van der Waals surface area contributed by atoms with Gasteiger partial charge in [0.05, 0.1) is 5.41 Å². The van der Waals surface area contributed by atoms with Crippen LogP contribution in [0.3, 0.4) is 0 Å². The average molecular weight is 246 g/mol. The smallest absolute Gasteiger partial charge is 0.146 e. The highest BCUT2D eigenvalue weighted by atomic mass is 16.5. The quantitative estimate of drug-likeness (QED) is 0.804. The third kappa shape index (κ3) is 2.16. The number of carbonyl (C=O) groups excluding carboxylic acids is 1. The van der Waals surface area contributed by atoms with Crippen molar-refractivity contribution in [3.05, 3.63) is 29.8 Å². The van der Waals surface area contributed by atoms with Crippen molar-refractivity contribution in [3.8, 4) is 5.75 Å². The van der Waals surface area contributed by atoms with Gasteiger partial charge < -0.3 is 4.74 Å². The predicted molar refractivity (Wildman–Crippen MR) is 73.0 cm³/mol. The van der Waals surface area contributed by atoms with E-state index in [2.05, 4.69) is 32.9 Å². The van der Waals surface area contributed by atoms with Gasteiger partial charge in [-0.1, -0.05) is 32.9 Å². The van der Waals surface area contributed by atoms with Crippen LogP contribution in [0.25, 0.3) is 0 Å². The molecular formula is C16H22O2. The van der Waals surface area contributed by atoms with Crippen LogP contribution in [0.15, 0.2) is 24.3 Å². The molecule has 0 aromatic heterocycles. The first-order valence-corrected chi connectivity index (χ1v) is 6.77. The van der Waals surface area contributed by atoms with Crippen molar-refractivity contribution in [3.63, 3.8) is 0 Å². The summed E-state index contributed by atoms with van der Waals surface area (Å²) in [5.41, 5.74) is 1.03. The minimum absolute atomic E-state index is 0.0416. The van der Waals surface area contributed by atoms with Gasteiger partial charge >= 0.3 is 0 Å². The van der Waals surface area contributed by atoms with Crippen LogP contribution >= 0.6 is 0 Å². The Hall–Kier alpha value is -1.31. The maximum Gasteiger partial charge on any atom is 0.146 e.